The Hall–Kier alpha value is -2.31. The van der Waals surface area contributed by atoms with Crippen LogP contribution in [0, 0.1) is 27.7 Å². The van der Waals surface area contributed by atoms with Gasteiger partial charge in [0.2, 0.25) is 5.82 Å². The lowest BCUT2D eigenvalue weighted by Gasteiger charge is -2.18. The Morgan fingerprint density at radius 3 is 2.71 bits per heavy atom. The molecule has 7 heteroatoms. The average molecular weight is 296 g/mol. The minimum atomic E-state index is -1.23. The number of benzene rings is 1. The number of hydrogen-bond donors (Lipinski definition) is 1. The van der Waals surface area contributed by atoms with Gasteiger partial charge < -0.3 is 5.32 Å². The molecule has 5 nitrogen and oxygen atoms in total. The van der Waals surface area contributed by atoms with Crippen LogP contribution >= 0.6 is 0 Å². The summed E-state index contributed by atoms with van der Waals surface area (Å²) in [5, 5.41) is 13.0. The monoisotopic (exact) mass is 296 g/mol. The largest absolute Gasteiger partial charge is 0.352 e. The smallest absolute Gasteiger partial charge is 0.307 e. The molecule has 1 aliphatic carbocycles. The number of carbonyl (C=O) groups excluding carboxylic acids is 1. The number of hydrogen-bond acceptors (Lipinski definition) is 3. The van der Waals surface area contributed by atoms with Crippen LogP contribution in [0.5, 0.6) is 0 Å². The number of carbonyl (C=O) groups is 1. The van der Waals surface area contributed by atoms with Gasteiger partial charge in [0.25, 0.3) is 5.91 Å². The van der Waals surface area contributed by atoms with Gasteiger partial charge in [-0.05, 0) is 31.2 Å². The van der Waals surface area contributed by atoms with Gasteiger partial charge in [0.1, 0.15) is 5.82 Å². The van der Waals surface area contributed by atoms with Crippen LogP contribution in [0.25, 0.3) is 0 Å². The molecule has 0 saturated heterocycles. The van der Waals surface area contributed by atoms with E-state index in [0.29, 0.717) is 18.7 Å². The predicted octanol–water partition coefficient (Wildman–Crippen LogP) is 2.96. The van der Waals surface area contributed by atoms with Gasteiger partial charge in [-0.3, -0.25) is 14.9 Å². The summed E-state index contributed by atoms with van der Waals surface area (Å²) in [7, 11) is 0. The fourth-order valence-corrected chi connectivity index (χ4v) is 2.22. The first-order chi connectivity index (χ1) is 9.99. The van der Waals surface area contributed by atoms with Gasteiger partial charge in [0.15, 0.2) is 0 Å². The summed E-state index contributed by atoms with van der Waals surface area (Å²) in [4.78, 5) is 21.3. The van der Waals surface area contributed by atoms with E-state index in [1.54, 1.807) is 0 Å². The third-order valence-electron chi connectivity index (χ3n) is 3.41. The van der Waals surface area contributed by atoms with Crippen molar-refractivity contribution in [1.82, 2.24) is 5.32 Å². The standard InChI is InChI=1S/C14H14F2N2O3/c15-11-7-13(18(20)21)12(16)6-10(11)14(19)17-8-9-4-2-1-3-5-9/h1-2,6-7,9H,3-5,8H2,(H,17,19). The zero-order valence-corrected chi connectivity index (χ0v) is 11.1. The molecule has 0 heterocycles. The predicted molar refractivity (Wildman–Crippen MR) is 71.8 cm³/mol. The summed E-state index contributed by atoms with van der Waals surface area (Å²) in [6.45, 7) is 0.362. The lowest BCUT2D eigenvalue weighted by Crippen LogP contribution is -2.30. The van der Waals surface area contributed by atoms with Crippen molar-refractivity contribution >= 4 is 11.6 Å². The number of nitro benzene ring substituents is 1. The molecule has 0 spiro atoms. The number of amides is 1. The summed E-state index contributed by atoms with van der Waals surface area (Å²) in [5.41, 5.74) is -1.51. The topological polar surface area (TPSA) is 72.2 Å². The van der Waals surface area contributed by atoms with Crippen molar-refractivity contribution in [2.24, 2.45) is 5.92 Å². The second-order valence-electron chi connectivity index (χ2n) is 4.90. The van der Waals surface area contributed by atoms with Crippen LogP contribution in [0.15, 0.2) is 24.3 Å². The Morgan fingerprint density at radius 2 is 2.10 bits per heavy atom. The average Bonchev–Trinajstić information content (AvgIpc) is 2.47. The number of nitrogens with zero attached hydrogens (tertiary/aromatic N) is 1. The molecular formula is C14H14F2N2O3. The molecule has 1 unspecified atom stereocenters. The third kappa shape index (κ3) is 3.62. The fraction of sp³-hybridized carbons (Fsp3) is 0.357. The maximum absolute atomic E-state index is 13.7. The highest BCUT2D eigenvalue weighted by Gasteiger charge is 2.22. The van der Waals surface area contributed by atoms with Crippen LogP contribution in [0.2, 0.25) is 0 Å². The van der Waals surface area contributed by atoms with Crippen LogP contribution < -0.4 is 5.32 Å². The van der Waals surface area contributed by atoms with E-state index in [0.717, 1.165) is 19.3 Å². The van der Waals surface area contributed by atoms with E-state index in [1.165, 1.54) is 0 Å². The Kier molecular flexibility index (Phi) is 4.62. The fourth-order valence-electron chi connectivity index (χ4n) is 2.22. The molecule has 0 aliphatic heterocycles. The zero-order chi connectivity index (χ0) is 15.4. The summed E-state index contributed by atoms with van der Waals surface area (Å²) < 4.78 is 27.1. The van der Waals surface area contributed by atoms with Crippen molar-refractivity contribution < 1.29 is 18.5 Å². The van der Waals surface area contributed by atoms with E-state index >= 15 is 0 Å². The highest BCUT2D eigenvalue weighted by Crippen LogP contribution is 2.22. The van der Waals surface area contributed by atoms with Crippen molar-refractivity contribution in [3.8, 4) is 0 Å². The van der Waals surface area contributed by atoms with E-state index in [1.807, 2.05) is 6.08 Å². The highest BCUT2D eigenvalue weighted by molar-refractivity contribution is 5.94. The first-order valence-corrected chi connectivity index (χ1v) is 6.55. The van der Waals surface area contributed by atoms with Crippen LogP contribution in [0.3, 0.4) is 0 Å². The molecule has 0 saturated carbocycles. The summed E-state index contributed by atoms with van der Waals surface area (Å²) >= 11 is 0. The molecule has 0 radical (unpaired) electrons. The molecule has 1 amide bonds. The molecule has 1 aliphatic rings. The van der Waals surface area contributed by atoms with Crippen molar-refractivity contribution in [2.75, 3.05) is 6.54 Å². The third-order valence-corrected chi connectivity index (χ3v) is 3.41. The number of rotatable bonds is 4. The number of halogens is 2. The molecule has 112 valence electrons. The SMILES string of the molecule is O=C(NCC1CC=CCC1)c1cc(F)c([N+](=O)[O-])cc1F. The van der Waals surface area contributed by atoms with Crippen LogP contribution in [0.4, 0.5) is 14.5 Å². The van der Waals surface area contributed by atoms with Crippen molar-refractivity contribution in [1.29, 1.82) is 0 Å². The van der Waals surface area contributed by atoms with E-state index in [9.17, 15) is 23.7 Å². The Balaban J connectivity index is 2.07. The highest BCUT2D eigenvalue weighted by atomic mass is 19.1. The number of nitro groups is 1. The van der Waals surface area contributed by atoms with Gasteiger partial charge in [0, 0.05) is 6.54 Å². The summed E-state index contributed by atoms with van der Waals surface area (Å²) in [6, 6.07) is 0.983. The van der Waals surface area contributed by atoms with Gasteiger partial charge in [-0.15, -0.1) is 0 Å². The maximum Gasteiger partial charge on any atom is 0.307 e. The summed E-state index contributed by atoms with van der Waals surface area (Å²) in [5.74, 6) is -2.84. The van der Waals surface area contributed by atoms with Gasteiger partial charge >= 0.3 is 5.69 Å². The minimum absolute atomic E-state index is 0.268. The van der Waals surface area contributed by atoms with E-state index in [2.05, 4.69) is 11.4 Å². The molecule has 21 heavy (non-hydrogen) atoms. The van der Waals surface area contributed by atoms with E-state index < -0.39 is 33.7 Å². The molecular weight excluding hydrogens is 282 g/mol. The molecule has 0 aromatic heterocycles. The first kappa shape index (κ1) is 15.1. The normalized spacial score (nSPS) is 17.5. The van der Waals surface area contributed by atoms with Gasteiger partial charge in [-0.2, -0.15) is 4.39 Å². The number of nitrogens with one attached hydrogen (secondary N) is 1. The molecule has 1 atom stereocenters. The number of allylic oxidation sites excluding steroid dienone is 2. The Labute approximate surface area is 119 Å². The van der Waals surface area contributed by atoms with Gasteiger partial charge in [-0.25, -0.2) is 4.39 Å². The molecule has 0 fully saturated rings. The second-order valence-corrected chi connectivity index (χ2v) is 4.90. The molecule has 0 bridgehead atoms. The molecule has 1 aromatic rings. The second kappa shape index (κ2) is 6.43. The summed E-state index contributed by atoms with van der Waals surface area (Å²) in [6.07, 6.45) is 6.77. The minimum Gasteiger partial charge on any atom is -0.352 e. The Morgan fingerprint density at radius 1 is 1.33 bits per heavy atom. The van der Waals surface area contributed by atoms with Crippen LogP contribution in [-0.2, 0) is 0 Å². The Bertz CT molecular complexity index is 602. The zero-order valence-electron chi connectivity index (χ0n) is 11.1. The van der Waals surface area contributed by atoms with Gasteiger partial charge in [-0.1, -0.05) is 12.2 Å². The van der Waals surface area contributed by atoms with Crippen molar-refractivity contribution in [3.05, 3.63) is 51.6 Å². The molecule has 1 aromatic carbocycles. The first-order valence-electron chi connectivity index (χ1n) is 6.55. The lowest BCUT2D eigenvalue weighted by atomic mass is 9.94. The maximum atomic E-state index is 13.7. The van der Waals surface area contributed by atoms with Crippen LogP contribution in [0.1, 0.15) is 29.6 Å². The van der Waals surface area contributed by atoms with Gasteiger partial charge in [0.05, 0.1) is 16.6 Å². The van der Waals surface area contributed by atoms with Crippen molar-refractivity contribution in [3.63, 3.8) is 0 Å². The van der Waals surface area contributed by atoms with E-state index in [4.69, 9.17) is 0 Å². The lowest BCUT2D eigenvalue weighted by molar-refractivity contribution is -0.387. The molecule has 2 rings (SSSR count). The van der Waals surface area contributed by atoms with E-state index in [-0.39, 0.29) is 5.92 Å². The van der Waals surface area contributed by atoms with Crippen LogP contribution in [-0.4, -0.2) is 17.4 Å². The van der Waals surface area contributed by atoms with Crippen molar-refractivity contribution in [2.45, 2.75) is 19.3 Å². The quantitative estimate of drug-likeness (QED) is 0.527. The molecule has 1 N–H and O–H groups in total.